The van der Waals surface area contributed by atoms with Crippen molar-refractivity contribution in [3.63, 3.8) is 0 Å². The lowest BCUT2D eigenvalue weighted by atomic mass is 10.0. The molecule has 2 heterocycles. The Kier molecular flexibility index (Phi) is 9.49. The van der Waals surface area contributed by atoms with Crippen molar-refractivity contribution >= 4 is 17.7 Å². The van der Waals surface area contributed by atoms with Crippen LogP contribution in [0.25, 0.3) is 0 Å². The molecular formula is C28H34N6O5. The number of carbonyl (C=O) groups excluding carboxylic acids is 3. The summed E-state index contributed by atoms with van der Waals surface area (Å²) in [6.07, 6.45) is 3.30. The summed E-state index contributed by atoms with van der Waals surface area (Å²) in [4.78, 5) is 40.6. The number of hydrogen-bond donors (Lipinski definition) is 2. The van der Waals surface area contributed by atoms with Crippen molar-refractivity contribution in [1.82, 2.24) is 30.5 Å². The van der Waals surface area contributed by atoms with E-state index in [1.54, 1.807) is 27.8 Å². The molecule has 0 saturated carbocycles. The van der Waals surface area contributed by atoms with Gasteiger partial charge in [0.05, 0.1) is 25.0 Å². The Balaban J connectivity index is 1.60. The third-order valence-electron chi connectivity index (χ3n) is 6.48. The van der Waals surface area contributed by atoms with E-state index in [0.29, 0.717) is 57.0 Å². The zero-order chi connectivity index (χ0) is 27.6. The predicted octanol–water partition coefficient (Wildman–Crippen LogP) is 1.62. The van der Waals surface area contributed by atoms with Gasteiger partial charge in [0.25, 0.3) is 5.91 Å². The number of hydrogen-bond acceptors (Lipinski definition) is 7. The fourth-order valence-electron chi connectivity index (χ4n) is 4.38. The Morgan fingerprint density at radius 2 is 1.92 bits per heavy atom. The lowest BCUT2D eigenvalue weighted by molar-refractivity contribution is -0.129. The third-order valence-corrected chi connectivity index (χ3v) is 6.48. The van der Waals surface area contributed by atoms with Gasteiger partial charge in [-0.3, -0.25) is 19.1 Å². The first-order valence-corrected chi connectivity index (χ1v) is 13.0. The minimum atomic E-state index is -0.846. The molecule has 2 aromatic carbocycles. The maximum absolute atomic E-state index is 13.5. The molecular weight excluding hydrogens is 500 g/mol. The van der Waals surface area contributed by atoms with Crippen LogP contribution in [0.5, 0.6) is 11.5 Å². The monoisotopic (exact) mass is 534 g/mol. The number of benzene rings is 2. The predicted molar refractivity (Wildman–Crippen MR) is 143 cm³/mol. The van der Waals surface area contributed by atoms with Gasteiger partial charge in [-0.1, -0.05) is 41.6 Å². The number of ether oxygens (including phenoxy) is 2. The molecule has 206 valence electrons. The van der Waals surface area contributed by atoms with Crippen LogP contribution in [0.4, 0.5) is 0 Å². The average Bonchev–Trinajstić information content (AvgIpc) is 3.39. The fourth-order valence-corrected chi connectivity index (χ4v) is 4.38. The Morgan fingerprint density at radius 3 is 2.69 bits per heavy atom. The molecule has 1 aliphatic rings. The van der Waals surface area contributed by atoms with E-state index >= 15 is 0 Å². The van der Waals surface area contributed by atoms with Gasteiger partial charge in [-0.15, -0.1) is 5.10 Å². The molecule has 11 nitrogen and oxygen atoms in total. The van der Waals surface area contributed by atoms with Crippen LogP contribution in [0.2, 0.25) is 0 Å². The molecule has 1 aromatic heterocycles. The first kappa shape index (κ1) is 27.6. The van der Waals surface area contributed by atoms with Gasteiger partial charge in [-0.25, -0.2) is 0 Å². The van der Waals surface area contributed by atoms with Gasteiger partial charge in [0.1, 0.15) is 6.04 Å². The summed E-state index contributed by atoms with van der Waals surface area (Å²) in [6, 6.07) is 13.7. The van der Waals surface area contributed by atoms with Crippen molar-refractivity contribution in [3.05, 3.63) is 71.5 Å². The molecule has 4 rings (SSSR count). The summed E-state index contributed by atoms with van der Waals surface area (Å²) in [6.45, 7) is 3.39. The number of para-hydroxylation sites is 1. The second kappa shape index (κ2) is 13.4. The largest absolute Gasteiger partial charge is 0.493 e. The molecule has 3 amide bonds. The first-order valence-electron chi connectivity index (χ1n) is 13.0. The molecule has 11 heteroatoms. The molecule has 2 N–H and O–H groups in total. The topological polar surface area (TPSA) is 128 Å². The van der Waals surface area contributed by atoms with Crippen LogP contribution in [0, 0.1) is 0 Å². The lowest BCUT2D eigenvalue weighted by Gasteiger charge is -2.23. The fraction of sp³-hybridized carbons (Fsp3) is 0.393. The van der Waals surface area contributed by atoms with Crippen LogP contribution in [0.3, 0.4) is 0 Å². The van der Waals surface area contributed by atoms with E-state index in [4.69, 9.17) is 9.47 Å². The van der Waals surface area contributed by atoms with Crippen molar-refractivity contribution in [1.29, 1.82) is 0 Å². The molecule has 0 fully saturated rings. The van der Waals surface area contributed by atoms with E-state index in [0.717, 1.165) is 11.3 Å². The Morgan fingerprint density at radius 1 is 1.10 bits per heavy atom. The van der Waals surface area contributed by atoms with Gasteiger partial charge < -0.3 is 25.0 Å². The van der Waals surface area contributed by atoms with E-state index in [9.17, 15) is 14.4 Å². The minimum absolute atomic E-state index is 0.0978. The second-order valence-corrected chi connectivity index (χ2v) is 9.27. The molecule has 1 atom stereocenters. The number of methoxy groups -OCH3 is 1. The average molecular weight is 535 g/mol. The van der Waals surface area contributed by atoms with Gasteiger partial charge >= 0.3 is 0 Å². The lowest BCUT2D eigenvalue weighted by Crippen LogP contribution is -2.49. The number of carbonyl (C=O) groups is 3. The SMILES string of the molecule is COc1cccc2c1OCCCn1cc(nn1)CCN(C(C)=O)CCNC(=O)[C@H](Cc1ccccc1)NC2=O. The summed E-state index contributed by atoms with van der Waals surface area (Å²) in [5, 5.41) is 14.1. The number of nitrogens with one attached hydrogen (secondary N) is 2. The van der Waals surface area contributed by atoms with Gasteiger partial charge in [-0.2, -0.15) is 0 Å². The molecule has 0 spiro atoms. The summed E-state index contributed by atoms with van der Waals surface area (Å²) in [5.41, 5.74) is 1.94. The first-order chi connectivity index (χ1) is 18.9. The minimum Gasteiger partial charge on any atom is -0.493 e. The van der Waals surface area contributed by atoms with Crippen LogP contribution in [-0.2, 0) is 29.0 Å². The number of rotatable bonds is 3. The van der Waals surface area contributed by atoms with Crippen molar-refractivity contribution in [3.8, 4) is 11.5 Å². The molecule has 0 aliphatic carbocycles. The Labute approximate surface area is 227 Å². The van der Waals surface area contributed by atoms with Crippen LogP contribution < -0.4 is 20.1 Å². The Bertz CT molecular complexity index is 1280. The zero-order valence-corrected chi connectivity index (χ0v) is 22.3. The molecule has 0 radical (unpaired) electrons. The number of fused-ring (bicyclic) bond motifs is 3. The van der Waals surface area contributed by atoms with Gasteiger partial charge in [0.15, 0.2) is 11.5 Å². The van der Waals surface area contributed by atoms with E-state index < -0.39 is 11.9 Å². The molecule has 0 saturated heterocycles. The molecule has 0 unspecified atom stereocenters. The van der Waals surface area contributed by atoms with E-state index in [2.05, 4.69) is 20.9 Å². The van der Waals surface area contributed by atoms with Crippen LogP contribution in [0.1, 0.15) is 35.0 Å². The quantitative estimate of drug-likeness (QED) is 0.523. The highest BCUT2D eigenvalue weighted by atomic mass is 16.5. The maximum Gasteiger partial charge on any atom is 0.255 e. The van der Waals surface area contributed by atoms with Crippen LogP contribution in [-0.4, -0.2) is 77.0 Å². The number of amides is 3. The van der Waals surface area contributed by atoms with E-state index in [1.807, 2.05) is 36.5 Å². The summed E-state index contributed by atoms with van der Waals surface area (Å²) >= 11 is 0. The highest BCUT2D eigenvalue weighted by Gasteiger charge is 2.25. The maximum atomic E-state index is 13.5. The molecule has 3 aromatic rings. The van der Waals surface area contributed by atoms with Crippen molar-refractivity contribution in [2.45, 2.75) is 38.8 Å². The van der Waals surface area contributed by atoms with Gasteiger partial charge in [-0.05, 0) is 17.7 Å². The number of aromatic nitrogens is 3. The molecule has 2 bridgehead atoms. The summed E-state index contributed by atoms with van der Waals surface area (Å²) in [5.74, 6) is -0.166. The molecule has 1 aliphatic heterocycles. The summed E-state index contributed by atoms with van der Waals surface area (Å²) < 4.78 is 13.2. The standard InChI is InChI=1S/C28H34N6O5/c1-20(35)33-15-12-22-19-34(32-31-22)14-7-17-39-26-23(10-6-11-25(26)38-2)27(36)30-24(28(37)29-13-16-33)18-21-8-4-3-5-9-21/h3-6,8-11,19,24H,7,12-18H2,1-2H3,(H,29,37)(H,30,36)/t24-/m0/s1. The van der Waals surface area contributed by atoms with Crippen LogP contribution in [0.15, 0.2) is 54.7 Å². The highest BCUT2D eigenvalue weighted by molar-refractivity contribution is 6.00. The smallest absolute Gasteiger partial charge is 0.255 e. The van der Waals surface area contributed by atoms with Crippen molar-refractivity contribution < 1.29 is 23.9 Å². The number of nitrogens with zero attached hydrogens (tertiary/aromatic N) is 4. The third kappa shape index (κ3) is 7.56. The highest BCUT2D eigenvalue weighted by Crippen LogP contribution is 2.31. The van der Waals surface area contributed by atoms with Gasteiger partial charge in [0, 0.05) is 58.6 Å². The van der Waals surface area contributed by atoms with E-state index in [1.165, 1.54) is 14.0 Å². The van der Waals surface area contributed by atoms with Gasteiger partial charge in [0.2, 0.25) is 11.8 Å². The Hall–Kier alpha value is -4.41. The van der Waals surface area contributed by atoms with Crippen LogP contribution >= 0.6 is 0 Å². The van der Waals surface area contributed by atoms with Crippen molar-refractivity contribution in [2.75, 3.05) is 33.4 Å². The van der Waals surface area contributed by atoms with Crippen molar-refractivity contribution in [2.24, 2.45) is 0 Å². The molecule has 39 heavy (non-hydrogen) atoms. The zero-order valence-electron chi connectivity index (χ0n) is 22.3. The summed E-state index contributed by atoms with van der Waals surface area (Å²) in [7, 11) is 1.51. The second-order valence-electron chi connectivity index (χ2n) is 9.27. The normalized spacial score (nSPS) is 17.4. The number of aryl methyl sites for hydroxylation is 1. The van der Waals surface area contributed by atoms with E-state index in [-0.39, 0.29) is 23.9 Å².